The summed E-state index contributed by atoms with van der Waals surface area (Å²) in [4.78, 5) is 14.7. The molecular formula is C18H21NO4. The van der Waals surface area contributed by atoms with Crippen LogP contribution in [0.4, 0.5) is 0 Å². The van der Waals surface area contributed by atoms with Gasteiger partial charge in [0, 0.05) is 17.2 Å². The fourth-order valence-corrected chi connectivity index (χ4v) is 2.66. The molecule has 0 atom stereocenters. The molecule has 0 spiro atoms. The lowest BCUT2D eigenvalue weighted by atomic mass is 10.1. The second-order valence-corrected chi connectivity index (χ2v) is 5.77. The third-order valence-corrected chi connectivity index (χ3v) is 4.13. The predicted molar refractivity (Wildman–Crippen MR) is 85.9 cm³/mol. The molecule has 1 heterocycles. The highest BCUT2D eigenvalue weighted by molar-refractivity contribution is 5.93. The Kier molecular flexibility index (Phi) is 4.28. The molecule has 122 valence electrons. The van der Waals surface area contributed by atoms with Crippen molar-refractivity contribution in [3.63, 3.8) is 0 Å². The van der Waals surface area contributed by atoms with Crippen molar-refractivity contribution >= 4 is 5.91 Å². The Morgan fingerprint density at radius 2 is 2.04 bits per heavy atom. The van der Waals surface area contributed by atoms with Crippen LogP contribution in [-0.4, -0.2) is 31.1 Å². The molecule has 0 aliphatic heterocycles. The minimum atomic E-state index is -0.0696. The van der Waals surface area contributed by atoms with Gasteiger partial charge in [-0.25, -0.2) is 0 Å². The molecule has 3 rings (SSSR count). The first kappa shape index (κ1) is 15.5. The Labute approximate surface area is 135 Å². The number of ether oxygens (including phenoxy) is 2. The molecule has 1 aliphatic carbocycles. The summed E-state index contributed by atoms with van der Waals surface area (Å²) < 4.78 is 16.1. The van der Waals surface area contributed by atoms with Crippen LogP contribution in [0.15, 0.2) is 34.9 Å². The van der Waals surface area contributed by atoms with Gasteiger partial charge in [0.25, 0.3) is 5.91 Å². The first-order chi connectivity index (χ1) is 11.1. The van der Waals surface area contributed by atoms with Crippen molar-refractivity contribution in [1.29, 1.82) is 0 Å². The summed E-state index contributed by atoms with van der Waals surface area (Å²) in [6.45, 7) is 2.36. The SMILES string of the molecule is COc1ccc(OC)c(CN(C(=O)c2occc2C)C2CC2)c1. The fraction of sp³-hybridized carbons (Fsp3) is 0.389. The zero-order chi connectivity index (χ0) is 16.4. The van der Waals surface area contributed by atoms with Gasteiger partial charge in [0.1, 0.15) is 11.5 Å². The Bertz CT molecular complexity index is 703. The minimum Gasteiger partial charge on any atom is -0.497 e. The van der Waals surface area contributed by atoms with E-state index in [1.54, 1.807) is 20.5 Å². The van der Waals surface area contributed by atoms with Crippen LogP contribution in [-0.2, 0) is 6.54 Å². The lowest BCUT2D eigenvalue weighted by Gasteiger charge is -2.23. The Balaban J connectivity index is 1.89. The van der Waals surface area contributed by atoms with E-state index in [1.807, 2.05) is 36.1 Å². The number of furan rings is 1. The van der Waals surface area contributed by atoms with E-state index in [-0.39, 0.29) is 11.9 Å². The van der Waals surface area contributed by atoms with E-state index in [0.717, 1.165) is 35.5 Å². The fourth-order valence-electron chi connectivity index (χ4n) is 2.66. The number of methoxy groups -OCH3 is 2. The standard InChI is InChI=1S/C18H21NO4/c1-12-8-9-23-17(12)18(20)19(14-4-5-14)11-13-10-15(21-2)6-7-16(13)22-3/h6-10,14H,4-5,11H2,1-3H3. The largest absolute Gasteiger partial charge is 0.497 e. The van der Waals surface area contributed by atoms with Crippen LogP contribution >= 0.6 is 0 Å². The Hall–Kier alpha value is -2.43. The molecule has 1 saturated carbocycles. The molecule has 0 saturated heterocycles. The van der Waals surface area contributed by atoms with Gasteiger partial charge in [-0.3, -0.25) is 4.79 Å². The predicted octanol–water partition coefficient (Wildman–Crippen LogP) is 3.41. The number of carbonyl (C=O) groups excluding carboxylic acids is 1. The highest BCUT2D eigenvalue weighted by atomic mass is 16.5. The molecule has 1 aromatic carbocycles. The summed E-state index contributed by atoms with van der Waals surface area (Å²) in [5.74, 6) is 1.84. The highest BCUT2D eigenvalue weighted by Crippen LogP contribution is 2.33. The van der Waals surface area contributed by atoms with Gasteiger partial charge in [-0.05, 0) is 44.0 Å². The van der Waals surface area contributed by atoms with Gasteiger partial charge in [-0.15, -0.1) is 0 Å². The van der Waals surface area contributed by atoms with Crippen LogP contribution in [0.3, 0.4) is 0 Å². The normalized spacial score (nSPS) is 13.7. The topological polar surface area (TPSA) is 51.9 Å². The summed E-state index contributed by atoms with van der Waals surface area (Å²) in [7, 11) is 3.26. The van der Waals surface area contributed by atoms with Gasteiger partial charge >= 0.3 is 0 Å². The van der Waals surface area contributed by atoms with Crippen LogP contribution in [0.1, 0.15) is 34.5 Å². The van der Waals surface area contributed by atoms with Crippen LogP contribution in [0.25, 0.3) is 0 Å². The van der Waals surface area contributed by atoms with Crippen LogP contribution in [0.5, 0.6) is 11.5 Å². The highest BCUT2D eigenvalue weighted by Gasteiger charge is 2.35. The maximum atomic E-state index is 12.8. The quantitative estimate of drug-likeness (QED) is 0.820. The number of benzene rings is 1. The van der Waals surface area contributed by atoms with Gasteiger partial charge in [0.2, 0.25) is 0 Å². The lowest BCUT2D eigenvalue weighted by Crippen LogP contribution is -2.32. The smallest absolute Gasteiger partial charge is 0.290 e. The third kappa shape index (κ3) is 3.18. The second-order valence-electron chi connectivity index (χ2n) is 5.77. The number of carbonyl (C=O) groups is 1. The molecule has 0 N–H and O–H groups in total. The van der Waals surface area contributed by atoms with E-state index >= 15 is 0 Å². The molecule has 2 aromatic rings. The monoisotopic (exact) mass is 315 g/mol. The first-order valence-corrected chi connectivity index (χ1v) is 7.70. The van der Waals surface area contributed by atoms with Crippen molar-refractivity contribution in [2.75, 3.05) is 14.2 Å². The average Bonchev–Trinajstić information content (AvgIpc) is 3.32. The number of nitrogens with zero attached hydrogens (tertiary/aromatic N) is 1. The van der Waals surface area contributed by atoms with Crippen molar-refractivity contribution in [1.82, 2.24) is 4.90 Å². The molecular weight excluding hydrogens is 294 g/mol. The number of hydrogen-bond acceptors (Lipinski definition) is 4. The van der Waals surface area contributed by atoms with E-state index in [4.69, 9.17) is 13.9 Å². The van der Waals surface area contributed by atoms with Gasteiger partial charge in [-0.2, -0.15) is 0 Å². The van der Waals surface area contributed by atoms with Crippen molar-refractivity contribution in [2.24, 2.45) is 0 Å². The molecule has 5 nitrogen and oxygen atoms in total. The third-order valence-electron chi connectivity index (χ3n) is 4.13. The molecule has 1 aliphatic rings. The summed E-state index contributed by atoms with van der Waals surface area (Å²) in [5.41, 5.74) is 1.79. The van der Waals surface area contributed by atoms with Crippen molar-refractivity contribution < 1.29 is 18.7 Å². The first-order valence-electron chi connectivity index (χ1n) is 7.70. The van der Waals surface area contributed by atoms with Gasteiger partial charge < -0.3 is 18.8 Å². The Morgan fingerprint density at radius 3 is 2.61 bits per heavy atom. The van der Waals surface area contributed by atoms with Gasteiger partial charge in [0.15, 0.2) is 5.76 Å². The molecule has 0 unspecified atom stereocenters. The summed E-state index contributed by atoms with van der Waals surface area (Å²) in [6.07, 6.45) is 3.61. The molecule has 23 heavy (non-hydrogen) atoms. The van der Waals surface area contributed by atoms with E-state index < -0.39 is 0 Å². The number of amides is 1. The zero-order valence-electron chi connectivity index (χ0n) is 13.7. The van der Waals surface area contributed by atoms with Crippen molar-refractivity contribution in [3.05, 3.63) is 47.4 Å². The van der Waals surface area contributed by atoms with E-state index in [9.17, 15) is 4.79 Å². The van der Waals surface area contributed by atoms with E-state index in [0.29, 0.717) is 12.3 Å². The molecule has 0 bridgehead atoms. The zero-order valence-corrected chi connectivity index (χ0v) is 13.7. The van der Waals surface area contributed by atoms with Crippen molar-refractivity contribution in [2.45, 2.75) is 32.4 Å². The minimum absolute atomic E-state index is 0.0696. The number of rotatable bonds is 6. The average molecular weight is 315 g/mol. The van der Waals surface area contributed by atoms with Crippen LogP contribution < -0.4 is 9.47 Å². The van der Waals surface area contributed by atoms with E-state index in [2.05, 4.69) is 0 Å². The molecule has 1 fully saturated rings. The van der Waals surface area contributed by atoms with Crippen LogP contribution in [0.2, 0.25) is 0 Å². The molecule has 1 aromatic heterocycles. The number of aryl methyl sites for hydroxylation is 1. The second kappa shape index (κ2) is 6.36. The summed E-state index contributed by atoms with van der Waals surface area (Å²) in [5, 5.41) is 0. The van der Waals surface area contributed by atoms with Crippen molar-refractivity contribution in [3.8, 4) is 11.5 Å². The Morgan fingerprint density at radius 1 is 1.26 bits per heavy atom. The van der Waals surface area contributed by atoms with E-state index in [1.165, 1.54) is 0 Å². The lowest BCUT2D eigenvalue weighted by molar-refractivity contribution is 0.0695. The molecule has 1 amide bonds. The maximum Gasteiger partial charge on any atom is 0.290 e. The maximum absolute atomic E-state index is 12.8. The van der Waals surface area contributed by atoms with Gasteiger partial charge in [-0.1, -0.05) is 0 Å². The summed E-state index contributed by atoms with van der Waals surface area (Å²) >= 11 is 0. The number of hydrogen-bond donors (Lipinski definition) is 0. The molecule has 0 radical (unpaired) electrons. The summed E-state index contributed by atoms with van der Waals surface area (Å²) in [6, 6.07) is 7.70. The molecule has 5 heteroatoms. The van der Waals surface area contributed by atoms with Crippen LogP contribution in [0, 0.1) is 6.92 Å². The van der Waals surface area contributed by atoms with Gasteiger partial charge in [0.05, 0.1) is 27.0 Å².